The lowest BCUT2D eigenvalue weighted by Gasteiger charge is -2.20. The van der Waals surface area contributed by atoms with Gasteiger partial charge in [-0.25, -0.2) is 4.79 Å². The lowest BCUT2D eigenvalue weighted by Crippen LogP contribution is -2.36. The predicted octanol–water partition coefficient (Wildman–Crippen LogP) is 0.915. The van der Waals surface area contributed by atoms with Crippen LogP contribution < -0.4 is 10.4 Å². The molecule has 0 amide bonds. The van der Waals surface area contributed by atoms with E-state index in [2.05, 4.69) is 0 Å². The normalized spacial score (nSPS) is 14.4. The Kier molecular flexibility index (Phi) is 3.36. The fraction of sp³-hybridized carbons (Fsp3) is 0.308. The highest BCUT2D eigenvalue weighted by Gasteiger charge is 2.19. The molecule has 0 spiro atoms. The summed E-state index contributed by atoms with van der Waals surface area (Å²) in [6, 6.07) is 8.04. The third-order valence-electron chi connectivity index (χ3n) is 2.48. The zero-order chi connectivity index (χ0) is 13.2. The van der Waals surface area contributed by atoms with Gasteiger partial charge >= 0.3 is 5.63 Å². The molecule has 1 atom stereocenters. The molecule has 0 aliphatic heterocycles. The third kappa shape index (κ3) is 2.88. The van der Waals surface area contributed by atoms with Crippen LogP contribution in [0.5, 0.6) is 5.75 Å². The fourth-order valence-corrected chi connectivity index (χ4v) is 1.42. The van der Waals surface area contributed by atoms with Crippen LogP contribution in [0.4, 0.5) is 0 Å². The van der Waals surface area contributed by atoms with Gasteiger partial charge in [0.15, 0.2) is 0 Å². The van der Waals surface area contributed by atoms with Gasteiger partial charge in [-0.05, 0) is 25.1 Å². The van der Waals surface area contributed by atoms with Crippen molar-refractivity contribution in [2.24, 2.45) is 0 Å². The van der Waals surface area contributed by atoms with E-state index < -0.39 is 17.8 Å². The van der Waals surface area contributed by atoms with Crippen molar-refractivity contribution in [1.29, 1.82) is 0 Å². The molecule has 1 aromatic carbocycles. The monoisotopic (exact) mass is 250 g/mol. The molecule has 0 aliphatic carbocycles. The molecular formula is C13H14O5. The van der Waals surface area contributed by atoms with Crippen molar-refractivity contribution in [2.75, 3.05) is 13.2 Å². The molecule has 2 rings (SSSR count). The average molecular weight is 250 g/mol. The Hall–Kier alpha value is -1.85. The van der Waals surface area contributed by atoms with Gasteiger partial charge < -0.3 is 19.4 Å². The Morgan fingerprint density at radius 1 is 1.33 bits per heavy atom. The van der Waals surface area contributed by atoms with Gasteiger partial charge in [-0.1, -0.05) is 0 Å². The van der Waals surface area contributed by atoms with Crippen molar-refractivity contribution in [2.45, 2.75) is 12.5 Å². The number of aliphatic hydroxyl groups excluding tert-OH is 1. The van der Waals surface area contributed by atoms with Crippen molar-refractivity contribution in [3.8, 4) is 5.75 Å². The molecule has 0 saturated heterocycles. The standard InChI is InChI=1S/C13H14O5/c1-13(16,7-14)8-17-10-4-2-9-3-5-12(15)18-11(9)6-10/h2-6,14,16H,7-8H2,1H3. The van der Waals surface area contributed by atoms with Crippen LogP contribution in [0, 0.1) is 0 Å². The summed E-state index contributed by atoms with van der Waals surface area (Å²) in [7, 11) is 0. The maximum absolute atomic E-state index is 11.1. The Labute approximate surface area is 103 Å². The summed E-state index contributed by atoms with van der Waals surface area (Å²) in [5.74, 6) is 0.463. The lowest BCUT2D eigenvalue weighted by atomic mass is 10.1. The smallest absolute Gasteiger partial charge is 0.336 e. The molecule has 1 unspecified atom stereocenters. The number of fused-ring (bicyclic) bond motifs is 1. The second kappa shape index (κ2) is 4.80. The van der Waals surface area contributed by atoms with E-state index in [1.807, 2.05) is 0 Å². The topological polar surface area (TPSA) is 79.9 Å². The first-order valence-corrected chi connectivity index (χ1v) is 5.50. The number of hydrogen-bond donors (Lipinski definition) is 2. The predicted molar refractivity (Wildman–Crippen MR) is 65.7 cm³/mol. The maximum atomic E-state index is 11.1. The third-order valence-corrected chi connectivity index (χ3v) is 2.48. The molecule has 5 nitrogen and oxygen atoms in total. The van der Waals surface area contributed by atoms with Gasteiger partial charge in [0.2, 0.25) is 0 Å². The van der Waals surface area contributed by atoms with Gasteiger partial charge in [-0.3, -0.25) is 0 Å². The van der Waals surface area contributed by atoms with E-state index in [-0.39, 0.29) is 6.61 Å². The number of rotatable bonds is 4. The summed E-state index contributed by atoms with van der Waals surface area (Å²) in [6.07, 6.45) is 0. The van der Waals surface area contributed by atoms with Crippen LogP contribution in [0.3, 0.4) is 0 Å². The summed E-state index contributed by atoms with van der Waals surface area (Å²) in [5.41, 5.74) is -1.31. The summed E-state index contributed by atoms with van der Waals surface area (Å²) >= 11 is 0. The number of aliphatic hydroxyl groups is 2. The second-order valence-corrected chi connectivity index (χ2v) is 4.40. The SMILES string of the molecule is CC(O)(CO)COc1ccc2ccc(=O)oc2c1. The van der Waals surface area contributed by atoms with Gasteiger partial charge in [-0.15, -0.1) is 0 Å². The highest BCUT2D eigenvalue weighted by Crippen LogP contribution is 2.20. The van der Waals surface area contributed by atoms with E-state index in [1.165, 1.54) is 13.0 Å². The van der Waals surface area contributed by atoms with E-state index in [4.69, 9.17) is 14.3 Å². The Morgan fingerprint density at radius 3 is 2.78 bits per heavy atom. The fourth-order valence-electron chi connectivity index (χ4n) is 1.42. The lowest BCUT2D eigenvalue weighted by molar-refractivity contribution is -0.0324. The quantitative estimate of drug-likeness (QED) is 0.788. The molecule has 0 radical (unpaired) electrons. The highest BCUT2D eigenvalue weighted by molar-refractivity contribution is 5.77. The summed E-state index contributed by atoms with van der Waals surface area (Å²) in [6.45, 7) is 1.02. The van der Waals surface area contributed by atoms with Crippen LogP contribution in [0.25, 0.3) is 11.0 Å². The first-order valence-electron chi connectivity index (χ1n) is 5.50. The van der Waals surface area contributed by atoms with E-state index in [0.717, 1.165) is 5.39 Å². The van der Waals surface area contributed by atoms with Crippen molar-refractivity contribution in [1.82, 2.24) is 0 Å². The molecule has 0 fully saturated rings. The Balaban J connectivity index is 2.22. The van der Waals surface area contributed by atoms with Crippen LogP contribution in [-0.2, 0) is 0 Å². The van der Waals surface area contributed by atoms with Gasteiger partial charge in [-0.2, -0.15) is 0 Å². The van der Waals surface area contributed by atoms with Crippen LogP contribution in [0.1, 0.15) is 6.92 Å². The van der Waals surface area contributed by atoms with Crippen LogP contribution in [0.2, 0.25) is 0 Å². The molecule has 96 valence electrons. The molecule has 2 N–H and O–H groups in total. The Morgan fingerprint density at radius 2 is 2.06 bits per heavy atom. The van der Waals surface area contributed by atoms with Gasteiger partial charge in [0, 0.05) is 17.5 Å². The van der Waals surface area contributed by atoms with E-state index in [0.29, 0.717) is 11.3 Å². The second-order valence-electron chi connectivity index (χ2n) is 4.40. The van der Waals surface area contributed by atoms with Crippen LogP contribution in [0.15, 0.2) is 39.5 Å². The minimum absolute atomic E-state index is 0.0495. The minimum Gasteiger partial charge on any atom is -0.490 e. The van der Waals surface area contributed by atoms with E-state index in [9.17, 15) is 9.90 Å². The van der Waals surface area contributed by atoms with Crippen LogP contribution in [-0.4, -0.2) is 29.0 Å². The summed E-state index contributed by atoms with van der Waals surface area (Å²) < 4.78 is 10.4. The number of hydrogen-bond acceptors (Lipinski definition) is 5. The summed E-state index contributed by atoms with van der Waals surface area (Å²) in [5, 5.41) is 19.3. The molecule has 1 heterocycles. The molecule has 0 bridgehead atoms. The number of ether oxygens (including phenoxy) is 1. The summed E-state index contributed by atoms with van der Waals surface area (Å²) in [4.78, 5) is 11.1. The van der Waals surface area contributed by atoms with Crippen molar-refractivity contribution in [3.63, 3.8) is 0 Å². The zero-order valence-corrected chi connectivity index (χ0v) is 9.92. The molecule has 0 saturated carbocycles. The van der Waals surface area contributed by atoms with Gasteiger partial charge in [0.25, 0.3) is 0 Å². The van der Waals surface area contributed by atoms with Crippen LogP contribution >= 0.6 is 0 Å². The largest absolute Gasteiger partial charge is 0.490 e. The molecule has 1 aromatic heterocycles. The van der Waals surface area contributed by atoms with Crippen molar-refractivity contribution < 1.29 is 19.4 Å². The molecular weight excluding hydrogens is 236 g/mol. The number of benzene rings is 1. The molecule has 18 heavy (non-hydrogen) atoms. The van der Waals surface area contributed by atoms with Gasteiger partial charge in [0.1, 0.15) is 23.5 Å². The zero-order valence-electron chi connectivity index (χ0n) is 9.92. The van der Waals surface area contributed by atoms with E-state index >= 15 is 0 Å². The van der Waals surface area contributed by atoms with Gasteiger partial charge in [0.05, 0.1) is 6.61 Å². The first kappa shape index (κ1) is 12.6. The van der Waals surface area contributed by atoms with E-state index in [1.54, 1.807) is 24.3 Å². The minimum atomic E-state index is -1.30. The first-order chi connectivity index (χ1) is 8.50. The average Bonchev–Trinajstić information content (AvgIpc) is 2.36. The molecule has 0 aliphatic rings. The maximum Gasteiger partial charge on any atom is 0.336 e. The van der Waals surface area contributed by atoms with Crippen molar-refractivity contribution in [3.05, 3.63) is 40.8 Å². The Bertz CT molecular complexity index is 600. The molecule has 5 heteroatoms. The highest BCUT2D eigenvalue weighted by atomic mass is 16.5. The molecule has 2 aromatic rings. The van der Waals surface area contributed by atoms with Crippen molar-refractivity contribution >= 4 is 11.0 Å².